The monoisotopic (exact) mass is 417 g/mol. The van der Waals surface area contributed by atoms with Gasteiger partial charge in [0.2, 0.25) is 10.0 Å². The highest BCUT2D eigenvalue weighted by molar-refractivity contribution is 7.89. The molecule has 1 N–H and O–H groups in total. The third kappa shape index (κ3) is 4.73. The molecule has 0 saturated heterocycles. The number of hydrogen-bond donors (Lipinski definition) is 1. The van der Waals surface area contributed by atoms with E-state index in [1.54, 1.807) is 6.07 Å². The third-order valence-corrected chi connectivity index (χ3v) is 6.42. The number of nitrogens with one attached hydrogen (secondary N) is 1. The average Bonchev–Trinajstić information content (AvgIpc) is 3.23. The molecule has 0 bridgehead atoms. The minimum absolute atomic E-state index is 0.136. The fraction of sp³-hybridized carbons (Fsp3) is 0.238. The molecule has 0 saturated carbocycles. The van der Waals surface area contributed by atoms with Gasteiger partial charge in [0.15, 0.2) is 11.5 Å². The zero-order chi connectivity index (χ0) is 20.0. The Labute approximate surface area is 170 Å². The fourth-order valence-corrected chi connectivity index (χ4v) is 4.91. The molecule has 1 aromatic heterocycles. The smallest absolute Gasteiger partial charge is 0.241 e. The molecule has 3 aromatic rings. The van der Waals surface area contributed by atoms with Crippen molar-refractivity contribution in [3.05, 3.63) is 76.5 Å². The Balaban J connectivity index is 1.96. The van der Waals surface area contributed by atoms with Crippen molar-refractivity contribution in [1.82, 2.24) is 4.72 Å². The van der Waals surface area contributed by atoms with E-state index in [2.05, 4.69) is 4.72 Å². The van der Waals surface area contributed by atoms with Crippen LogP contribution in [0, 0.1) is 0 Å². The normalized spacial score (nSPS) is 12.5. The molecule has 0 aliphatic carbocycles. The summed E-state index contributed by atoms with van der Waals surface area (Å²) in [6, 6.07) is 17.6. The van der Waals surface area contributed by atoms with Crippen molar-refractivity contribution in [3.8, 4) is 11.5 Å². The fourth-order valence-electron chi connectivity index (χ4n) is 2.81. The number of thiophene rings is 1. The zero-order valence-electron chi connectivity index (χ0n) is 15.8. The van der Waals surface area contributed by atoms with Crippen LogP contribution in [0.1, 0.15) is 30.3 Å². The van der Waals surface area contributed by atoms with Crippen LogP contribution in [0.15, 0.2) is 70.9 Å². The van der Waals surface area contributed by atoms with Crippen LogP contribution in [0.2, 0.25) is 0 Å². The first kappa shape index (κ1) is 20.4. The van der Waals surface area contributed by atoms with Crippen molar-refractivity contribution >= 4 is 21.4 Å². The highest BCUT2D eigenvalue weighted by atomic mass is 32.2. The van der Waals surface area contributed by atoms with E-state index in [0.29, 0.717) is 24.7 Å². The van der Waals surface area contributed by atoms with Crippen molar-refractivity contribution < 1.29 is 17.9 Å². The van der Waals surface area contributed by atoms with Gasteiger partial charge in [0, 0.05) is 10.9 Å². The van der Waals surface area contributed by atoms with E-state index in [1.165, 1.54) is 23.5 Å². The maximum absolute atomic E-state index is 13.1. The molecule has 0 spiro atoms. The number of rotatable bonds is 9. The van der Waals surface area contributed by atoms with Gasteiger partial charge in [-0.15, -0.1) is 11.3 Å². The molecule has 1 heterocycles. The molecular formula is C21H23NO4S2. The van der Waals surface area contributed by atoms with Crippen molar-refractivity contribution in [2.45, 2.75) is 24.8 Å². The summed E-state index contributed by atoms with van der Waals surface area (Å²) in [7, 11) is -3.79. The lowest BCUT2D eigenvalue weighted by molar-refractivity contribution is 0.287. The van der Waals surface area contributed by atoms with Gasteiger partial charge in [-0.2, -0.15) is 4.72 Å². The number of ether oxygens (including phenoxy) is 2. The lowest BCUT2D eigenvalue weighted by atomic mass is 10.1. The summed E-state index contributed by atoms with van der Waals surface area (Å²) >= 11 is 1.51. The number of benzene rings is 2. The molecule has 148 valence electrons. The molecule has 2 aromatic carbocycles. The standard InChI is InChI=1S/C21H23NO4S2/c1-3-25-18-13-12-17(15-19(18)26-4-2)28(23,24)22-21(20-11-8-14-27-20)16-9-6-5-7-10-16/h5-15,21-22H,3-4H2,1-2H3/t21-/m0/s1. The Morgan fingerprint density at radius 3 is 2.29 bits per heavy atom. The Morgan fingerprint density at radius 1 is 0.929 bits per heavy atom. The second kappa shape index (κ2) is 9.23. The molecular weight excluding hydrogens is 394 g/mol. The summed E-state index contributed by atoms with van der Waals surface area (Å²) in [4.78, 5) is 1.06. The van der Waals surface area contributed by atoms with Crippen LogP contribution in [-0.2, 0) is 10.0 Å². The predicted octanol–water partition coefficient (Wildman–Crippen LogP) is 4.61. The van der Waals surface area contributed by atoms with Gasteiger partial charge in [0.05, 0.1) is 24.2 Å². The quantitative estimate of drug-likeness (QED) is 0.552. The van der Waals surface area contributed by atoms with Crippen LogP contribution in [0.5, 0.6) is 11.5 Å². The van der Waals surface area contributed by atoms with E-state index < -0.39 is 16.1 Å². The molecule has 3 rings (SSSR count). The molecule has 7 heteroatoms. The summed E-state index contributed by atoms with van der Waals surface area (Å²) in [5, 5.41) is 1.93. The van der Waals surface area contributed by atoms with Crippen molar-refractivity contribution in [2.75, 3.05) is 13.2 Å². The van der Waals surface area contributed by atoms with Gasteiger partial charge in [0.25, 0.3) is 0 Å². The summed E-state index contributed by atoms with van der Waals surface area (Å²) < 4.78 is 40.2. The Hall–Kier alpha value is -2.35. The van der Waals surface area contributed by atoms with Crippen molar-refractivity contribution in [1.29, 1.82) is 0 Å². The zero-order valence-corrected chi connectivity index (χ0v) is 17.4. The largest absolute Gasteiger partial charge is 0.490 e. The maximum atomic E-state index is 13.1. The van der Waals surface area contributed by atoms with Crippen LogP contribution in [0.25, 0.3) is 0 Å². The lowest BCUT2D eigenvalue weighted by Gasteiger charge is -2.19. The summed E-state index contributed by atoms with van der Waals surface area (Å²) in [5.41, 5.74) is 0.879. The summed E-state index contributed by atoms with van der Waals surface area (Å²) in [6.45, 7) is 4.60. The van der Waals surface area contributed by atoms with Gasteiger partial charge in [-0.25, -0.2) is 8.42 Å². The molecule has 0 unspecified atom stereocenters. The molecule has 0 fully saturated rings. The summed E-state index contributed by atoms with van der Waals surface area (Å²) in [5.74, 6) is 0.945. The van der Waals surface area contributed by atoms with Gasteiger partial charge in [-0.1, -0.05) is 36.4 Å². The highest BCUT2D eigenvalue weighted by Gasteiger charge is 2.24. The van der Waals surface area contributed by atoms with E-state index in [4.69, 9.17) is 9.47 Å². The molecule has 0 amide bonds. The highest BCUT2D eigenvalue weighted by Crippen LogP contribution is 2.32. The van der Waals surface area contributed by atoms with E-state index in [-0.39, 0.29) is 4.90 Å². The van der Waals surface area contributed by atoms with Crippen LogP contribution in [0.3, 0.4) is 0 Å². The predicted molar refractivity (Wildman–Crippen MR) is 112 cm³/mol. The minimum atomic E-state index is -3.79. The van der Waals surface area contributed by atoms with Gasteiger partial charge in [-0.3, -0.25) is 0 Å². The van der Waals surface area contributed by atoms with E-state index >= 15 is 0 Å². The maximum Gasteiger partial charge on any atom is 0.241 e. The van der Waals surface area contributed by atoms with E-state index in [1.807, 2.05) is 61.7 Å². The third-order valence-electron chi connectivity index (χ3n) is 4.06. The first-order valence-electron chi connectivity index (χ1n) is 9.05. The number of hydrogen-bond acceptors (Lipinski definition) is 5. The van der Waals surface area contributed by atoms with Crippen LogP contribution < -0.4 is 14.2 Å². The minimum Gasteiger partial charge on any atom is -0.490 e. The Bertz CT molecular complexity index is 987. The van der Waals surface area contributed by atoms with Crippen molar-refractivity contribution in [3.63, 3.8) is 0 Å². The SMILES string of the molecule is CCOc1ccc(S(=O)(=O)N[C@@H](c2ccccc2)c2cccs2)cc1OCC. The average molecular weight is 418 g/mol. The van der Waals surface area contributed by atoms with E-state index in [0.717, 1.165) is 10.4 Å². The first-order chi connectivity index (χ1) is 13.5. The van der Waals surface area contributed by atoms with Crippen molar-refractivity contribution in [2.24, 2.45) is 0 Å². The molecule has 5 nitrogen and oxygen atoms in total. The second-order valence-electron chi connectivity index (χ2n) is 5.95. The topological polar surface area (TPSA) is 64.6 Å². The van der Waals surface area contributed by atoms with Gasteiger partial charge in [0.1, 0.15) is 0 Å². The van der Waals surface area contributed by atoms with E-state index in [9.17, 15) is 8.42 Å². The van der Waals surface area contributed by atoms with Crippen LogP contribution in [-0.4, -0.2) is 21.6 Å². The Kier molecular flexibility index (Phi) is 6.72. The first-order valence-corrected chi connectivity index (χ1v) is 11.4. The molecule has 28 heavy (non-hydrogen) atoms. The van der Waals surface area contributed by atoms with Crippen LogP contribution in [0.4, 0.5) is 0 Å². The number of sulfonamides is 1. The van der Waals surface area contributed by atoms with Crippen LogP contribution >= 0.6 is 11.3 Å². The molecule has 0 aliphatic rings. The van der Waals surface area contributed by atoms with Gasteiger partial charge >= 0.3 is 0 Å². The lowest BCUT2D eigenvalue weighted by Crippen LogP contribution is -2.29. The molecule has 0 aliphatic heterocycles. The Morgan fingerprint density at radius 2 is 1.64 bits per heavy atom. The second-order valence-corrected chi connectivity index (χ2v) is 8.65. The summed E-state index contributed by atoms with van der Waals surface area (Å²) in [6.07, 6.45) is 0. The molecule has 0 radical (unpaired) electrons. The molecule has 1 atom stereocenters. The van der Waals surface area contributed by atoms with Gasteiger partial charge in [-0.05, 0) is 43.0 Å². The van der Waals surface area contributed by atoms with Gasteiger partial charge < -0.3 is 9.47 Å².